The fourth-order valence-electron chi connectivity index (χ4n) is 7.46. The lowest BCUT2D eigenvalue weighted by Gasteiger charge is -2.24. The molecule has 2 aromatic heterocycles. The molecule has 0 fully saturated rings. The monoisotopic (exact) mass is 536 g/mol. The van der Waals surface area contributed by atoms with Gasteiger partial charge < -0.3 is 9.73 Å². The molecular formula is C39H24N2O. The van der Waals surface area contributed by atoms with Crippen LogP contribution in [0.3, 0.4) is 0 Å². The van der Waals surface area contributed by atoms with Crippen molar-refractivity contribution in [2.75, 3.05) is 0 Å². The number of benzene rings is 6. The van der Waals surface area contributed by atoms with E-state index in [1.54, 1.807) is 0 Å². The van der Waals surface area contributed by atoms with Crippen molar-refractivity contribution in [3.05, 3.63) is 139 Å². The third-order valence-electron chi connectivity index (χ3n) is 9.15. The van der Waals surface area contributed by atoms with Crippen LogP contribution in [0.1, 0.15) is 11.6 Å². The molecule has 0 bridgehead atoms. The largest absolute Gasteiger partial charge is 0.455 e. The van der Waals surface area contributed by atoms with Gasteiger partial charge in [0.1, 0.15) is 17.0 Å². The number of rotatable bonds is 2. The molecule has 8 aromatic rings. The summed E-state index contributed by atoms with van der Waals surface area (Å²) in [4.78, 5) is 0. The van der Waals surface area contributed by atoms with E-state index in [9.17, 15) is 0 Å². The molecule has 3 heterocycles. The van der Waals surface area contributed by atoms with Crippen LogP contribution in [0.25, 0.3) is 82.6 Å². The lowest BCUT2D eigenvalue weighted by atomic mass is 9.92. The molecule has 1 N–H and O–H groups in total. The number of aromatic nitrogens is 1. The van der Waals surface area contributed by atoms with Gasteiger partial charge in [-0.25, -0.2) is 0 Å². The molecule has 6 aromatic carbocycles. The minimum absolute atomic E-state index is 0.0723. The van der Waals surface area contributed by atoms with Crippen molar-refractivity contribution in [3.8, 4) is 22.3 Å². The van der Waals surface area contributed by atoms with Gasteiger partial charge in [-0.15, -0.1) is 0 Å². The Morgan fingerprint density at radius 2 is 1.26 bits per heavy atom. The van der Waals surface area contributed by atoms with Crippen molar-refractivity contribution >= 4 is 60.3 Å². The molecule has 1 aliphatic heterocycles. The Hall–Kier alpha value is -5.54. The molecule has 0 spiro atoms. The average molecular weight is 537 g/mol. The van der Waals surface area contributed by atoms with E-state index < -0.39 is 0 Å². The molecule has 0 radical (unpaired) electrons. The summed E-state index contributed by atoms with van der Waals surface area (Å²) in [6, 6.07) is 41.5. The maximum atomic E-state index is 6.74. The number of para-hydroxylation sites is 1. The predicted octanol–water partition coefficient (Wildman–Crippen LogP) is 10.2. The van der Waals surface area contributed by atoms with E-state index in [4.69, 9.17) is 4.42 Å². The third-order valence-corrected chi connectivity index (χ3v) is 9.15. The van der Waals surface area contributed by atoms with Crippen LogP contribution in [0.5, 0.6) is 0 Å². The van der Waals surface area contributed by atoms with Crippen LogP contribution < -0.4 is 5.32 Å². The zero-order valence-corrected chi connectivity index (χ0v) is 22.6. The first kappa shape index (κ1) is 22.2. The van der Waals surface area contributed by atoms with E-state index in [0.29, 0.717) is 0 Å². The Morgan fingerprint density at radius 1 is 0.571 bits per heavy atom. The molecule has 1 aliphatic carbocycles. The highest BCUT2D eigenvalue weighted by Gasteiger charge is 2.29. The van der Waals surface area contributed by atoms with Crippen LogP contribution in [-0.2, 0) is 0 Å². The highest BCUT2D eigenvalue weighted by atomic mass is 16.3. The number of nitrogens with one attached hydrogen (secondary N) is 1. The van der Waals surface area contributed by atoms with Crippen LogP contribution in [0.2, 0.25) is 0 Å². The second kappa shape index (κ2) is 8.02. The molecule has 42 heavy (non-hydrogen) atoms. The zero-order chi connectivity index (χ0) is 27.4. The highest BCUT2D eigenvalue weighted by molar-refractivity contribution is 6.40. The SMILES string of the molecule is C1=CC(c2ccccc2)NC(n2c3cccc4c3c3c5c(cccc5c5oc6ccccc6c5c32)-c2ccccc2-4)=C1. The van der Waals surface area contributed by atoms with E-state index in [1.165, 1.54) is 55.0 Å². The molecule has 1 atom stereocenters. The number of hydrogen-bond acceptors (Lipinski definition) is 2. The topological polar surface area (TPSA) is 30.1 Å². The van der Waals surface area contributed by atoms with Crippen molar-refractivity contribution in [1.29, 1.82) is 0 Å². The fraction of sp³-hybridized carbons (Fsp3) is 0.0256. The summed E-state index contributed by atoms with van der Waals surface area (Å²) in [6.45, 7) is 0. The lowest BCUT2D eigenvalue weighted by Crippen LogP contribution is -2.23. The van der Waals surface area contributed by atoms with Gasteiger partial charge >= 0.3 is 0 Å². The normalized spacial score (nSPS) is 15.6. The van der Waals surface area contributed by atoms with Crippen LogP contribution >= 0.6 is 0 Å². The Labute approximate surface area is 241 Å². The maximum absolute atomic E-state index is 6.74. The summed E-state index contributed by atoms with van der Waals surface area (Å²) < 4.78 is 9.19. The second-order valence-corrected chi connectivity index (χ2v) is 11.3. The van der Waals surface area contributed by atoms with Crippen LogP contribution in [0.4, 0.5) is 0 Å². The van der Waals surface area contributed by atoms with Gasteiger partial charge in [0.15, 0.2) is 0 Å². The van der Waals surface area contributed by atoms with Gasteiger partial charge in [-0.05, 0) is 46.0 Å². The molecule has 0 saturated carbocycles. The predicted molar refractivity (Wildman–Crippen MR) is 174 cm³/mol. The minimum Gasteiger partial charge on any atom is -0.455 e. The van der Waals surface area contributed by atoms with Crippen LogP contribution in [0, 0.1) is 0 Å². The average Bonchev–Trinajstić information content (AvgIpc) is 3.58. The molecule has 2 aliphatic rings. The Balaban J connectivity index is 1.45. The summed E-state index contributed by atoms with van der Waals surface area (Å²) >= 11 is 0. The Bertz CT molecular complexity index is 2490. The van der Waals surface area contributed by atoms with Crippen molar-refractivity contribution < 1.29 is 4.42 Å². The highest BCUT2D eigenvalue weighted by Crippen LogP contribution is 2.53. The van der Waals surface area contributed by atoms with Crippen molar-refractivity contribution in [3.63, 3.8) is 0 Å². The van der Waals surface area contributed by atoms with E-state index in [-0.39, 0.29) is 6.04 Å². The molecule has 0 saturated heterocycles. The number of furan rings is 1. The van der Waals surface area contributed by atoms with Gasteiger partial charge in [-0.3, -0.25) is 4.57 Å². The summed E-state index contributed by atoms with van der Waals surface area (Å²) in [6.07, 6.45) is 6.62. The standard InChI is InChI=1S/C39H24N2O/c1-2-11-23(12-3-1)30-19-10-22-33(40-30)41-31-20-9-17-27-25-14-5-4-13-24(25)26-16-8-18-29-34(26)37(35(27)31)38(41)36-28-15-6-7-21-32(28)42-39(29)36/h1-22,30,40H. The Morgan fingerprint density at radius 3 is 2.12 bits per heavy atom. The first-order valence-corrected chi connectivity index (χ1v) is 14.5. The first-order valence-electron chi connectivity index (χ1n) is 14.5. The number of fused-ring (bicyclic) bond motifs is 8. The summed E-state index contributed by atoms with van der Waals surface area (Å²) in [5, 5.41) is 11.2. The quantitative estimate of drug-likeness (QED) is 0.238. The molecule has 196 valence electrons. The van der Waals surface area contributed by atoms with Crippen molar-refractivity contribution in [2.45, 2.75) is 6.04 Å². The molecule has 1 unspecified atom stereocenters. The van der Waals surface area contributed by atoms with Crippen LogP contribution in [-0.4, -0.2) is 4.57 Å². The summed E-state index contributed by atoms with van der Waals surface area (Å²) in [5.41, 5.74) is 10.5. The third kappa shape index (κ3) is 2.75. The van der Waals surface area contributed by atoms with Gasteiger partial charge in [0.2, 0.25) is 0 Å². The Kier molecular flexibility index (Phi) is 4.24. The van der Waals surface area contributed by atoms with E-state index >= 15 is 0 Å². The van der Waals surface area contributed by atoms with Gasteiger partial charge in [0.25, 0.3) is 0 Å². The lowest BCUT2D eigenvalue weighted by molar-refractivity contribution is 0.673. The number of nitrogens with zero attached hydrogens (tertiary/aromatic N) is 1. The number of hydrogen-bond donors (Lipinski definition) is 1. The van der Waals surface area contributed by atoms with Gasteiger partial charge in [-0.1, -0.05) is 115 Å². The molecular weight excluding hydrogens is 512 g/mol. The molecule has 3 nitrogen and oxygen atoms in total. The second-order valence-electron chi connectivity index (χ2n) is 11.3. The summed E-state index contributed by atoms with van der Waals surface area (Å²) in [5.74, 6) is 1.06. The van der Waals surface area contributed by atoms with Gasteiger partial charge in [-0.2, -0.15) is 0 Å². The summed E-state index contributed by atoms with van der Waals surface area (Å²) in [7, 11) is 0. The van der Waals surface area contributed by atoms with Gasteiger partial charge in [0, 0.05) is 26.9 Å². The molecule has 3 heteroatoms. The van der Waals surface area contributed by atoms with Gasteiger partial charge in [0.05, 0.1) is 22.5 Å². The fourth-order valence-corrected chi connectivity index (χ4v) is 7.46. The zero-order valence-electron chi connectivity index (χ0n) is 22.6. The number of dihydropyridines is 1. The van der Waals surface area contributed by atoms with Crippen molar-refractivity contribution in [1.82, 2.24) is 9.88 Å². The molecule has 10 rings (SSSR count). The van der Waals surface area contributed by atoms with E-state index in [2.05, 4.69) is 143 Å². The molecule has 0 amide bonds. The first-order chi connectivity index (χ1) is 20.9. The minimum atomic E-state index is 0.0723. The van der Waals surface area contributed by atoms with Crippen LogP contribution in [0.15, 0.2) is 138 Å². The smallest absolute Gasteiger partial charge is 0.145 e. The number of allylic oxidation sites excluding steroid dienone is 2. The van der Waals surface area contributed by atoms with E-state index in [0.717, 1.165) is 33.1 Å². The van der Waals surface area contributed by atoms with E-state index in [1.807, 2.05) is 0 Å². The van der Waals surface area contributed by atoms with Crippen molar-refractivity contribution in [2.24, 2.45) is 0 Å². The maximum Gasteiger partial charge on any atom is 0.145 e.